The Balaban J connectivity index is 1.67. The van der Waals surface area contributed by atoms with Crippen LogP contribution >= 0.6 is 11.3 Å². The van der Waals surface area contributed by atoms with Crippen molar-refractivity contribution in [1.82, 2.24) is 14.8 Å². The van der Waals surface area contributed by atoms with Gasteiger partial charge in [0.1, 0.15) is 5.75 Å². The van der Waals surface area contributed by atoms with E-state index in [1.165, 1.54) is 16.9 Å². The summed E-state index contributed by atoms with van der Waals surface area (Å²) in [6.07, 6.45) is 3.58. The van der Waals surface area contributed by atoms with E-state index in [4.69, 9.17) is 4.74 Å². The number of nitrogens with one attached hydrogen (secondary N) is 1. The van der Waals surface area contributed by atoms with Crippen molar-refractivity contribution in [1.29, 1.82) is 0 Å². The molecule has 0 atom stereocenters. The van der Waals surface area contributed by atoms with Crippen molar-refractivity contribution in [2.75, 3.05) is 12.4 Å². The Bertz CT molecular complexity index is 944. The minimum Gasteiger partial charge on any atom is -0.497 e. The number of rotatable bonds is 8. The molecule has 7 heteroatoms. The highest BCUT2D eigenvalue weighted by Crippen LogP contribution is 2.23. The summed E-state index contributed by atoms with van der Waals surface area (Å²) in [6, 6.07) is 7.26. The van der Waals surface area contributed by atoms with Crippen LogP contribution in [0.1, 0.15) is 42.4 Å². The number of anilines is 1. The second-order valence-corrected chi connectivity index (χ2v) is 7.58. The summed E-state index contributed by atoms with van der Waals surface area (Å²) >= 11 is 1.51. The van der Waals surface area contributed by atoms with Crippen molar-refractivity contribution >= 4 is 22.9 Å². The Kier molecular flexibility index (Phi) is 6.46. The van der Waals surface area contributed by atoms with Gasteiger partial charge in [-0.15, -0.1) is 11.3 Å². The van der Waals surface area contributed by atoms with Gasteiger partial charge in [-0.25, -0.2) is 9.67 Å². The van der Waals surface area contributed by atoms with E-state index in [2.05, 4.69) is 29.2 Å². The molecule has 1 amide bonds. The SMILES string of the molecule is CCCCc1c(C)nn(-c2nc(CC(=O)Nc3ccc(OC)cc3)cs2)c1C. The van der Waals surface area contributed by atoms with E-state index >= 15 is 0 Å². The summed E-state index contributed by atoms with van der Waals surface area (Å²) in [5, 5.41) is 10.3. The average molecular weight is 399 g/mol. The smallest absolute Gasteiger partial charge is 0.230 e. The fourth-order valence-electron chi connectivity index (χ4n) is 3.10. The summed E-state index contributed by atoms with van der Waals surface area (Å²) in [5.74, 6) is 0.657. The number of unbranched alkanes of at least 4 members (excludes halogenated alkanes) is 1. The lowest BCUT2D eigenvalue weighted by Crippen LogP contribution is -2.14. The first kappa shape index (κ1) is 20.1. The molecule has 6 nitrogen and oxygen atoms in total. The zero-order valence-corrected chi connectivity index (χ0v) is 17.6. The van der Waals surface area contributed by atoms with E-state index in [0.717, 1.165) is 52.9 Å². The van der Waals surface area contributed by atoms with Gasteiger partial charge in [-0.05, 0) is 56.5 Å². The number of hydrogen-bond donors (Lipinski definition) is 1. The molecule has 0 aliphatic rings. The molecule has 0 spiro atoms. The van der Waals surface area contributed by atoms with Gasteiger partial charge < -0.3 is 10.1 Å². The van der Waals surface area contributed by atoms with Crippen LogP contribution in [0, 0.1) is 13.8 Å². The Labute approximate surface area is 169 Å². The number of benzene rings is 1. The van der Waals surface area contributed by atoms with Crippen LogP contribution in [0.2, 0.25) is 0 Å². The predicted octanol–water partition coefficient (Wildman–Crippen LogP) is 4.48. The number of carbonyl (C=O) groups is 1. The molecule has 0 aliphatic carbocycles. The van der Waals surface area contributed by atoms with Gasteiger partial charge in [0.05, 0.1) is 24.9 Å². The number of carbonyl (C=O) groups excluding carboxylic acids is 1. The molecule has 0 fully saturated rings. The molecule has 0 bridgehead atoms. The predicted molar refractivity (Wildman–Crippen MR) is 113 cm³/mol. The fraction of sp³-hybridized carbons (Fsp3) is 0.381. The number of nitrogens with zero attached hydrogens (tertiary/aromatic N) is 3. The number of amides is 1. The molecule has 0 saturated carbocycles. The first-order chi connectivity index (χ1) is 13.5. The van der Waals surface area contributed by atoms with Crippen molar-refractivity contribution in [3.05, 3.63) is 52.3 Å². The summed E-state index contributed by atoms with van der Waals surface area (Å²) in [6.45, 7) is 6.33. The average Bonchev–Trinajstić information content (AvgIpc) is 3.25. The zero-order valence-electron chi connectivity index (χ0n) is 16.8. The Morgan fingerprint density at radius 2 is 2.00 bits per heavy atom. The van der Waals surface area contributed by atoms with Crippen LogP contribution < -0.4 is 10.1 Å². The summed E-state index contributed by atoms with van der Waals surface area (Å²) in [5.41, 5.74) is 4.97. The summed E-state index contributed by atoms with van der Waals surface area (Å²) < 4.78 is 7.02. The maximum atomic E-state index is 12.3. The minimum absolute atomic E-state index is 0.0981. The van der Waals surface area contributed by atoms with Crippen molar-refractivity contribution in [2.45, 2.75) is 46.5 Å². The van der Waals surface area contributed by atoms with Gasteiger partial charge in [0.2, 0.25) is 11.0 Å². The van der Waals surface area contributed by atoms with Gasteiger partial charge in [-0.1, -0.05) is 13.3 Å². The van der Waals surface area contributed by atoms with E-state index in [1.807, 2.05) is 41.3 Å². The third kappa shape index (κ3) is 4.59. The second-order valence-electron chi connectivity index (χ2n) is 6.74. The topological polar surface area (TPSA) is 69.0 Å². The standard InChI is InChI=1S/C21H26N4O2S/c1-5-6-7-19-14(2)24-25(15(19)3)21-23-17(13-28-21)12-20(26)22-16-8-10-18(27-4)11-9-16/h8-11,13H,5-7,12H2,1-4H3,(H,22,26). The highest BCUT2D eigenvalue weighted by atomic mass is 32.1. The molecular weight excluding hydrogens is 372 g/mol. The van der Waals surface area contributed by atoms with Crippen LogP contribution in [-0.2, 0) is 17.6 Å². The molecule has 0 saturated heterocycles. The van der Waals surface area contributed by atoms with Gasteiger partial charge in [0, 0.05) is 16.8 Å². The Morgan fingerprint density at radius 3 is 2.68 bits per heavy atom. The van der Waals surface area contributed by atoms with Crippen LogP contribution in [0.4, 0.5) is 5.69 Å². The van der Waals surface area contributed by atoms with E-state index < -0.39 is 0 Å². The highest BCUT2D eigenvalue weighted by Gasteiger charge is 2.16. The van der Waals surface area contributed by atoms with Crippen molar-refractivity contribution < 1.29 is 9.53 Å². The lowest BCUT2D eigenvalue weighted by atomic mass is 10.1. The quantitative estimate of drug-likeness (QED) is 0.607. The fourth-order valence-corrected chi connectivity index (χ4v) is 3.92. The molecule has 2 aromatic heterocycles. The molecule has 0 aliphatic heterocycles. The van der Waals surface area contributed by atoms with Gasteiger partial charge in [0.15, 0.2) is 0 Å². The number of thiazole rings is 1. The van der Waals surface area contributed by atoms with Crippen LogP contribution in [-0.4, -0.2) is 27.8 Å². The molecular formula is C21H26N4O2S. The van der Waals surface area contributed by atoms with Crippen molar-refractivity contribution in [2.24, 2.45) is 0 Å². The van der Waals surface area contributed by atoms with E-state index in [1.54, 1.807) is 7.11 Å². The van der Waals surface area contributed by atoms with Crippen LogP contribution in [0.25, 0.3) is 5.13 Å². The Hall–Kier alpha value is -2.67. The number of methoxy groups -OCH3 is 1. The third-order valence-electron chi connectivity index (χ3n) is 4.66. The van der Waals surface area contributed by atoms with Crippen molar-refractivity contribution in [3.63, 3.8) is 0 Å². The zero-order chi connectivity index (χ0) is 20.1. The van der Waals surface area contributed by atoms with Gasteiger partial charge in [-0.3, -0.25) is 4.79 Å². The molecule has 0 unspecified atom stereocenters. The monoisotopic (exact) mass is 398 g/mol. The van der Waals surface area contributed by atoms with Crippen molar-refractivity contribution in [3.8, 4) is 10.9 Å². The first-order valence-electron chi connectivity index (χ1n) is 9.45. The lowest BCUT2D eigenvalue weighted by Gasteiger charge is -2.05. The van der Waals surface area contributed by atoms with Gasteiger partial charge in [0.25, 0.3) is 0 Å². The third-order valence-corrected chi connectivity index (χ3v) is 5.52. The van der Waals surface area contributed by atoms with E-state index in [-0.39, 0.29) is 12.3 Å². The lowest BCUT2D eigenvalue weighted by molar-refractivity contribution is -0.115. The Morgan fingerprint density at radius 1 is 1.25 bits per heavy atom. The van der Waals surface area contributed by atoms with E-state index in [9.17, 15) is 4.79 Å². The van der Waals surface area contributed by atoms with E-state index in [0.29, 0.717) is 0 Å². The molecule has 28 heavy (non-hydrogen) atoms. The maximum Gasteiger partial charge on any atom is 0.230 e. The van der Waals surface area contributed by atoms with Gasteiger partial charge >= 0.3 is 0 Å². The number of hydrogen-bond acceptors (Lipinski definition) is 5. The second kappa shape index (κ2) is 9.01. The minimum atomic E-state index is -0.0981. The highest BCUT2D eigenvalue weighted by molar-refractivity contribution is 7.12. The van der Waals surface area contributed by atoms with Crippen LogP contribution in [0.15, 0.2) is 29.6 Å². The molecule has 1 aromatic carbocycles. The number of aryl methyl sites for hydroxylation is 1. The maximum absolute atomic E-state index is 12.3. The van der Waals surface area contributed by atoms with Crippen LogP contribution in [0.3, 0.4) is 0 Å². The largest absolute Gasteiger partial charge is 0.497 e. The molecule has 3 rings (SSSR count). The normalized spacial score (nSPS) is 10.9. The van der Waals surface area contributed by atoms with Gasteiger partial charge in [-0.2, -0.15) is 5.10 Å². The van der Waals surface area contributed by atoms with Crippen LogP contribution in [0.5, 0.6) is 5.75 Å². The molecule has 1 N–H and O–H groups in total. The molecule has 148 valence electrons. The number of aromatic nitrogens is 3. The molecule has 2 heterocycles. The summed E-state index contributed by atoms with van der Waals surface area (Å²) in [4.78, 5) is 16.9. The first-order valence-corrected chi connectivity index (χ1v) is 10.3. The molecule has 0 radical (unpaired) electrons. The molecule has 3 aromatic rings. The number of ether oxygens (including phenoxy) is 1. The summed E-state index contributed by atoms with van der Waals surface area (Å²) in [7, 11) is 1.61.